The van der Waals surface area contributed by atoms with Crippen molar-refractivity contribution >= 4 is 11.5 Å². The van der Waals surface area contributed by atoms with E-state index in [0.29, 0.717) is 17.6 Å². The molecular weight excluding hydrogens is 258 g/mol. The monoisotopic (exact) mass is 283 g/mol. The van der Waals surface area contributed by atoms with Crippen molar-refractivity contribution in [1.29, 1.82) is 5.41 Å². The van der Waals surface area contributed by atoms with Crippen LogP contribution in [0.1, 0.15) is 58.8 Å². The van der Waals surface area contributed by atoms with E-state index in [0.717, 1.165) is 37.8 Å². The minimum Gasteiger partial charge on any atom is -0.309 e. The van der Waals surface area contributed by atoms with Gasteiger partial charge in [-0.05, 0) is 61.9 Å². The first-order valence-corrected chi connectivity index (χ1v) is 8.47. The maximum absolute atomic E-state index is 11.8. The molecule has 0 radical (unpaired) electrons. The van der Waals surface area contributed by atoms with Crippen LogP contribution < -0.4 is 0 Å². The van der Waals surface area contributed by atoms with Gasteiger partial charge in [-0.25, -0.2) is 0 Å². The Balaban J connectivity index is 1.77. The first-order valence-electron chi connectivity index (χ1n) is 8.47. The summed E-state index contributed by atoms with van der Waals surface area (Å²) in [6.07, 6.45) is 11.6. The van der Waals surface area contributed by atoms with E-state index in [2.05, 4.69) is 19.9 Å². The van der Waals surface area contributed by atoms with Crippen LogP contribution in [0.4, 0.5) is 0 Å². The van der Waals surface area contributed by atoms with Gasteiger partial charge in [0.2, 0.25) is 0 Å². The van der Waals surface area contributed by atoms with Gasteiger partial charge in [0.05, 0.1) is 0 Å². The summed E-state index contributed by atoms with van der Waals surface area (Å²) in [6, 6.07) is 0. The van der Waals surface area contributed by atoms with E-state index in [1.807, 2.05) is 6.08 Å². The number of nitrogens with one attached hydrogen (secondary N) is 1. The average molecular weight is 283 g/mol. The number of allylic oxidation sites excluding steroid dienone is 4. The Kier molecular flexibility index (Phi) is 2.68. The fourth-order valence-electron chi connectivity index (χ4n) is 5.68. The fourth-order valence-corrected chi connectivity index (χ4v) is 5.68. The summed E-state index contributed by atoms with van der Waals surface area (Å²) in [4.78, 5) is 11.8. The van der Waals surface area contributed by atoms with Crippen molar-refractivity contribution in [3.05, 3.63) is 23.3 Å². The summed E-state index contributed by atoms with van der Waals surface area (Å²) >= 11 is 0. The Bertz CT molecular complexity index is 599. The molecule has 0 aromatic rings. The van der Waals surface area contributed by atoms with Crippen LogP contribution in [-0.4, -0.2) is 11.5 Å². The standard InChI is InChI=1S/C19H25NO/c1-18-9-7-13(21)11-12(18)3-4-14-15-5-6-17(20)19(15,2)10-8-16(14)18/h4,11,15-16,20H,3,5-10H2,1-2H3. The molecule has 0 amide bonds. The summed E-state index contributed by atoms with van der Waals surface area (Å²) < 4.78 is 0. The lowest BCUT2D eigenvalue weighted by atomic mass is 9.51. The Morgan fingerprint density at radius 2 is 1.86 bits per heavy atom. The zero-order valence-corrected chi connectivity index (χ0v) is 13.2. The zero-order chi connectivity index (χ0) is 14.8. The molecule has 4 atom stereocenters. The summed E-state index contributed by atoms with van der Waals surface area (Å²) in [5.74, 6) is 1.54. The molecule has 21 heavy (non-hydrogen) atoms. The Hall–Kier alpha value is -1.18. The molecular formula is C19H25NO. The zero-order valence-electron chi connectivity index (χ0n) is 13.2. The SMILES string of the molecule is CC12CCC3C(=CCC4=CC(=O)CCC43C)C1CCC2=N. The van der Waals surface area contributed by atoms with Gasteiger partial charge in [0, 0.05) is 17.5 Å². The van der Waals surface area contributed by atoms with Crippen LogP contribution in [0, 0.1) is 28.1 Å². The fraction of sp³-hybridized carbons (Fsp3) is 0.684. The Labute approximate surface area is 127 Å². The van der Waals surface area contributed by atoms with Crippen molar-refractivity contribution in [3.63, 3.8) is 0 Å². The Morgan fingerprint density at radius 1 is 1.10 bits per heavy atom. The summed E-state index contributed by atoms with van der Waals surface area (Å²) in [5, 5.41) is 8.35. The molecule has 2 heteroatoms. The van der Waals surface area contributed by atoms with Gasteiger partial charge in [0.25, 0.3) is 0 Å². The van der Waals surface area contributed by atoms with E-state index in [1.54, 1.807) is 5.57 Å². The van der Waals surface area contributed by atoms with Crippen molar-refractivity contribution in [2.24, 2.45) is 22.7 Å². The maximum atomic E-state index is 11.8. The molecule has 4 unspecified atom stereocenters. The number of ketones is 1. The van der Waals surface area contributed by atoms with Crippen molar-refractivity contribution < 1.29 is 4.79 Å². The molecule has 0 spiro atoms. The normalized spacial score (nSPS) is 45.4. The van der Waals surface area contributed by atoms with Gasteiger partial charge in [-0.3, -0.25) is 4.79 Å². The molecule has 2 saturated carbocycles. The summed E-state index contributed by atoms with van der Waals surface area (Å²) in [7, 11) is 0. The van der Waals surface area contributed by atoms with Crippen LogP contribution in [0.2, 0.25) is 0 Å². The molecule has 0 aromatic carbocycles. The molecule has 0 bridgehead atoms. The Morgan fingerprint density at radius 3 is 2.67 bits per heavy atom. The number of rotatable bonds is 0. The van der Waals surface area contributed by atoms with Crippen LogP contribution in [-0.2, 0) is 4.79 Å². The maximum Gasteiger partial charge on any atom is 0.155 e. The van der Waals surface area contributed by atoms with E-state index in [1.165, 1.54) is 18.4 Å². The highest BCUT2D eigenvalue weighted by Crippen LogP contribution is 2.62. The number of fused-ring (bicyclic) bond motifs is 5. The molecule has 1 N–H and O–H groups in total. The lowest BCUT2D eigenvalue weighted by Crippen LogP contribution is -2.45. The van der Waals surface area contributed by atoms with Crippen LogP contribution in [0.15, 0.2) is 23.3 Å². The predicted octanol–water partition coefficient (Wildman–Crippen LogP) is 4.46. The lowest BCUT2D eigenvalue weighted by molar-refractivity contribution is -0.116. The van der Waals surface area contributed by atoms with Gasteiger partial charge >= 0.3 is 0 Å². The van der Waals surface area contributed by atoms with Gasteiger partial charge in [0.1, 0.15) is 0 Å². The smallest absolute Gasteiger partial charge is 0.155 e. The van der Waals surface area contributed by atoms with Gasteiger partial charge < -0.3 is 5.41 Å². The minimum absolute atomic E-state index is 0.129. The van der Waals surface area contributed by atoms with E-state index in [4.69, 9.17) is 5.41 Å². The van der Waals surface area contributed by atoms with Gasteiger partial charge in [-0.1, -0.05) is 31.1 Å². The van der Waals surface area contributed by atoms with Crippen molar-refractivity contribution in [2.75, 3.05) is 0 Å². The first kappa shape index (κ1) is 13.5. The highest BCUT2D eigenvalue weighted by molar-refractivity contribution is 5.92. The van der Waals surface area contributed by atoms with Gasteiger partial charge in [-0.15, -0.1) is 0 Å². The van der Waals surface area contributed by atoms with Crippen molar-refractivity contribution in [1.82, 2.24) is 0 Å². The molecule has 0 heterocycles. The first-order chi connectivity index (χ1) is 9.95. The third-order valence-corrected chi connectivity index (χ3v) is 7.18. The van der Waals surface area contributed by atoms with E-state index < -0.39 is 0 Å². The average Bonchev–Trinajstić information content (AvgIpc) is 2.76. The molecule has 0 aliphatic heterocycles. The molecule has 4 aliphatic rings. The van der Waals surface area contributed by atoms with Crippen molar-refractivity contribution in [2.45, 2.75) is 58.8 Å². The lowest BCUT2D eigenvalue weighted by Gasteiger charge is -2.53. The largest absolute Gasteiger partial charge is 0.309 e. The second-order valence-corrected chi connectivity index (χ2v) is 8.04. The van der Waals surface area contributed by atoms with Crippen LogP contribution in [0.3, 0.4) is 0 Å². The van der Waals surface area contributed by atoms with Crippen molar-refractivity contribution in [3.8, 4) is 0 Å². The van der Waals surface area contributed by atoms with Crippen LogP contribution in [0.25, 0.3) is 0 Å². The summed E-state index contributed by atoms with van der Waals surface area (Å²) in [5.41, 5.74) is 4.34. The second-order valence-electron chi connectivity index (χ2n) is 8.04. The summed E-state index contributed by atoms with van der Waals surface area (Å²) in [6.45, 7) is 4.72. The van der Waals surface area contributed by atoms with E-state index >= 15 is 0 Å². The quantitative estimate of drug-likeness (QED) is 0.655. The molecule has 0 saturated heterocycles. The molecule has 2 fully saturated rings. The molecule has 112 valence electrons. The third-order valence-electron chi connectivity index (χ3n) is 7.18. The highest BCUT2D eigenvalue weighted by atomic mass is 16.1. The number of carbonyl (C=O) groups excluding carboxylic acids is 1. The number of hydrogen-bond donors (Lipinski definition) is 1. The molecule has 2 nitrogen and oxygen atoms in total. The second kappa shape index (κ2) is 4.18. The number of carbonyl (C=O) groups is 1. The van der Waals surface area contributed by atoms with Gasteiger partial charge in [-0.2, -0.15) is 0 Å². The highest BCUT2D eigenvalue weighted by Gasteiger charge is 2.54. The van der Waals surface area contributed by atoms with E-state index in [-0.39, 0.29) is 10.8 Å². The number of hydrogen-bond acceptors (Lipinski definition) is 2. The van der Waals surface area contributed by atoms with E-state index in [9.17, 15) is 4.79 Å². The van der Waals surface area contributed by atoms with Gasteiger partial charge in [0.15, 0.2) is 5.78 Å². The minimum atomic E-state index is 0.129. The molecule has 4 rings (SSSR count). The van der Waals surface area contributed by atoms with Crippen LogP contribution >= 0.6 is 0 Å². The molecule has 4 aliphatic carbocycles. The van der Waals surface area contributed by atoms with Crippen LogP contribution in [0.5, 0.6) is 0 Å². The molecule has 0 aromatic heterocycles. The third kappa shape index (κ3) is 1.65. The predicted molar refractivity (Wildman–Crippen MR) is 84.4 cm³/mol. The topological polar surface area (TPSA) is 40.9 Å².